The van der Waals surface area contributed by atoms with Crippen molar-refractivity contribution in [3.63, 3.8) is 0 Å². The van der Waals surface area contributed by atoms with Crippen molar-refractivity contribution in [3.05, 3.63) is 12.2 Å². The van der Waals surface area contributed by atoms with Crippen LogP contribution in [0.5, 0.6) is 0 Å². The van der Waals surface area contributed by atoms with E-state index in [-0.39, 0.29) is 0 Å². The minimum atomic E-state index is 0.605. The Labute approximate surface area is 68.0 Å². The second-order valence-corrected chi connectivity index (χ2v) is 2.34. The van der Waals surface area contributed by atoms with Crippen molar-refractivity contribution < 1.29 is 4.74 Å². The average Bonchev–Trinajstić information content (AvgIpc) is 1.97. The quantitative estimate of drug-likeness (QED) is 0.332. The average molecular weight is 163 g/mol. The molecule has 0 saturated carbocycles. The topological polar surface area (TPSA) is 9.23 Å². The van der Waals surface area contributed by atoms with Gasteiger partial charge in [-0.3, -0.25) is 0 Å². The summed E-state index contributed by atoms with van der Waals surface area (Å²) in [7, 11) is 0. The maximum atomic E-state index is 5.41. The molecule has 0 aliphatic heterocycles. The van der Waals surface area contributed by atoms with E-state index in [0.29, 0.717) is 5.88 Å². The van der Waals surface area contributed by atoms with Crippen LogP contribution in [0.4, 0.5) is 0 Å². The first-order valence-electron chi connectivity index (χ1n) is 3.70. The Morgan fingerprint density at radius 2 is 2.10 bits per heavy atom. The van der Waals surface area contributed by atoms with Crippen LogP contribution in [0.25, 0.3) is 0 Å². The lowest BCUT2D eigenvalue weighted by atomic mass is 10.4. The van der Waals surface area contributed by atoms with E-state index in [0.717, 1.165) is 26.1 Å². The Morgan fingerprint density at radius 1 is 1.30 bits per heavy atom. The maximum absolute atomic E-state index is 5.41. The van der Waals surface area contributed by atoms with Crippen molar-refractivity contribution >= 4 is 11.6 Å². The van der Waals surface area contributed by atoms with Crippen LogP contribution >= 0.6 is 11.6 Å². The minimum Gasteiger partial charge on any atom is -0.381 e. The predicted octanol–water partition coefficient (Wildman–Crippen LogP) is 2.60. The van der Waals surface area contributed by atoms with Gasteiger partial charge in [-0.2, -0.15) is 0 Å². The SMILES string of the molecule is CCCOCC/C=C/CCl. The van der Waals surface area contributed by atoms with Crippen LogP contribution in [0.2, 0.25) is 0 Å². The number of hydrogen-bond donors (Lipinski definition) is 0. The van der Waals surface area contributed by atoms with Crippen LogP contribution in [-0.4, -0.2) is 19.1 Å². The molecule has 0 rings (SSSR count). The van der Waals surface area contributed by atoms with E-state index in [1.165, 1.54) is 0 Å². The van der Waals surface area contributed by atoms with Crippen LogP contribution in [0.15, 0.2) is 12.2 Å². The van der Waals surface area contributed by atoms with Gasteiger partial charge in [-0.25, -0.2) is 0 Å². The normalized spacial score (nSPS) is 11.0. The van der Waals surface area contributed by atoms with Crippen LogP contribution in [-0.2, 0) is 4.74 Å². The lowest BCUT2D eigenvalue weighted by molar-refractivity contribution is 0.139. The Balaban J connectivity index is 2.83. The molecule has 0 spiro atoms. The molecule has 0 heterocycles. The molecule has 0 fully saturated rings. The lowest BCUT2D eigenvalue weighted by Crippen LogP contribution is -1.93. The van der Waals surface area contributed by atoms with Crippen LogP contribution in [0.3, 0.4) is 0 Å². The van der Waals surface area contributed by atoms with Gasteiger partial charge in [0.25, 0.3) is 0 Å². The molecule has 1 nitrogen and oxygen atoms in total. The molecule has 0 amide bonds. The molecule has 2 heteroatoms. The zero-order chi connectivity index (χ0) is 7.66. The fraction of sp³-hybridized carbons (Fsp3) is 0.750. The maximum Gasteiger partial charge on any atom is 0.0500 e. The molecule has 0 aromatic heterocycles. The van der Waals surface area contributed by atoms with Gasteiger partial charge in [0.2, 0.25) is 0 Å². The molecule has 0 N–H and O–H groups in total. The Hall–Kier alpha value is -0.0100. The zero-order valence-corrected chi connectivity index (χ0v) is 7.23. The summed E-state index contributed by atoms with van der Waals surface area (Å²) in [6.07, 6.45) is 6.06. The highest BCUT2D eigenvalue weighted by atomic mass is 35.5. The molecule has 0 aromatic rings. The fourth-order valence-electron chi connectivity index (χ4n) is 0.579. The van der Waals surface area contributed by atoms with Crippen molar-refractivity contribution in [2.45, 2.75) is 19.8 Å². The molecule has 0 aliphatic rings. The summed E-state index contributed by atoms with van der Waals surface area (Å²) in [5.74, 6) is 0.605. The van der Waals surface area contributed by atoms with Gasteiger partial charge in [0.1, 0.15) is 0 Å². The summed E-state index contributed by atoms with van der Waals surface area (Å²) >= 11 is 5.41. The summed E-state index contributed by atoms with van der Waals surface area (Å²) in [4.78, 5) is 0. The summed E-state index contributed by atoms with van der Waals surface area (Å²) < 4.78 is 5.24. The van der Waals surface area contributed by atoms with Gasteiger partial charge >= 0.3 is 0 Å². The van der Waals surface area contributed by atoms with Crippen LogP contribution < -0.4 is 0 Å². The lowest BCUT2D eigenvalue weighted by Gasteiger charge is -1.96. The van der Waals surface area contributed by atoms with E-state index in [1.807, 2.05) is 12.2 Å². The molecule has 0 aromatic carbocycles. The fourth-order valence-corrected chi connectivity index (χ4v) is 0.705. The molecule has 0 aliphatic carbocycles. The first kappa shape index (κ1) is 9.99. The molecule has 60 valence electrons. The molecule has 0 unspecified atom stereocenters. The molecule has 0 saturated heterocycles. The third-order valence-corrected chi connectivity index (χ3v) is 1.21. The smallest absolute Gasteiger partial charge is 0.0500 e. The zero-order valence-electron chi connectivity index (χ0n) is 6.48. The van der Waals surface area contributed by atoms with E-state index >= 15 is 0 Å². The summed E-state index contributed by atoms with van der Waals surface area (Å²) in [6, 6.07) is 0. The monoisotopic (exact) mass is 162 g/mol. The molecule has 0 radical (unpaired) electrons. The highest BCUT2D eigenvalue weighted by Crippen LogP contribution is 1.87. The number of rotatable bonds is 6. The van der Waals surface area contributed by atoms with E-state index in [2.05, 4.69) is 6.92 Å². The second kappa shape index (κ2) is 8.99. The van der Waals surface area contributed by atoms with E-state index < -0.39 is 0 Å². The van der Waals surface area contributed by atoms with E-state index in [9.17, 15) is 0 Å². The molecular weight excluding hydrogens is 148 g/mol. The van der Waals surface area contributed by atoms with Gasteiger partial charge in [0, 0.05) is 12.5 Å². The Kier molecular flexibility index (Phi) is 8.98. The van der Waals surface area contributed by atoms with Crippen LogP contribution in [0.1, 0.15) is 19.8 Å². The molecule has 0 atom stereocenters. The van der Waals surface area contributed by atoms with Crippen molar-refractivity contribution in [1.82, 2.24) is 0 Å². The molecule has 10 heavy (non-hydrogen) atoms. The number of hydrogen-bond acceptors (Lipinski definition) is 1. The van der Waals surface area contributed by atoms with Crippen molar-refractivity contribution in [1.29, 1.82) is 0 Å². The Bertz CT molecular complexity index is 81.3. The van der Waals surface area contributed by atoms with Gasteiger partial charge < -0.3 is 4.74 Å². The van der Waals surface area contributed by atoms with Gasteiger partial charge in [-0.1, -0.05) is 19.1 Å². The van der Waals surface area contributed by atoms with Gasteiger partial charge in [0.15, 0.2) is 0 Å². The van der Waals surface area contributed by atoms with Crippen molar-refractivity contribution in [2.75, 3.05) is 19.1 Å². The third kappa shape index (κ3) is 7.99. The van der Waals surface area contributed by atoms with Crippen LogP contribution in [0, 0.1) is 0 Å². The van der Waals surface area contributed by atoms with Crippen molar-refractivity contribution in [2.24, 2.45) is 0 Å². The number of alkyl halides is 1. The third-order valence-electron chi connectivity index (χ3n) is 1.03. The van der Waals surface area contributed by atoms with Gasteiger partial charge in [0.05, 0.1) is 6.61 Å². The van der Waals surface area contributed by atoms with Gasteiger partial charge in [-0.05, 0) is 12.8 Å². The highest BCUT2D eigenvalue weighted by Gasteiger charge is 1.81. The summed E-state index contributed by atoms with van der Waals surface area (Å²) in [5, 5.41) is 0. The Morgan fingerprint density at radius 3 is 2.70 bits per heavy atom. The second-order valence-electron chi connectivity index (χ2n) is 2.03. The summed E-state index contributed by atoms with van der Waals surface area (Å²) in [5.41, 5.74) is 0. The van der Waals surface area contributed by atoms with E-state index in [1.54, 1.807) is 0 Å². The molecule has 0 bridgehead atoms. The summed E-state index contributed by atoms with van der Waals surface area (Å²) in [6.45, 7) is 3.80. The largest absolute Gasteiger partial charge is 0.381 e. The molecular formula is C8H15ClO. The predicted molar refractivity (Wildman–Crippen MR) is 45.6 cm³/mol. The standard InChI is InChI=1S/C8H15ClO/c1-2-7-10-8-5-3-4-6-9/h3-4H,2,5-8H2,1H3/b4-3+. The number of allylic oxidation sites excluding steroid dienone is 1. The highest BCUT2D eigenvalue weighted by molar-refractivity contribution is 6.18. The number of halogens is 1. The van der Waals surface area contributed by atoms with Crippen molar-refractivity contribution in [3.8, 4) is 0 Å². The van der Waals surface area contributed by atoms with Gasteiger partial charge in [-0.15, -0.1) is 11.6 Å². The minimum absolute atomic E-state index is 0.605. The number of ether oxygens (including phenoxy) is 1. The van der Waals surface area contributed by atoms with E-state index in [4.69, 9.17) is 16.3 Å². The first-order valence-corrected chi connectivity index (χ1v) is 4.24. The first-order chi connectivity index (χ1) is 4.91.